The molecule has 1 amide bonds. The lowest BCUT2D eigenvalue weighted by molar-refractivity contribution is -0.232. The molecular formula is C39H57N3O7. The molecule has 2 N–H and O–H groups in total. The van der Waals surface area contributed by atoms with Crippen LogP contribution in [0.5, 0.6) is 0 Å². The van der Waals surface area contributed by atoms with Crippen LogP contribution in [-0.4, -0.2) is 50.6 Å². The number of Topliss-reactive ketones (excluding diaryl/α,β-unsaturated/α-hetero) is 1. The highest BCUT2D eigenvalue weighted by molar-refractivity contribution is 6.03. The predicted octanol–water partition coefficient (Wildman–Crippen LogP) is 7.25. The van der Waals surface area contributed by atoms with Crippen LogP contribution in [0.3, 0.4) is 0 Å². The number of ether oxygens (including phenoxy) is 1. The molecule has 8 atom stereocenters. The summed E-state index contributed by atoms with van der Waals surface area (Å²) in [5, 5.41) is 20.7. The second kappa shape index (κ2) is 11.5. The van der Waals surface area contributed by atoms with Gasteiger partial charge in [0, 0.05) is 18.8 Å². The van der Waals surface area contributed by atoms with E-state index in [1.165, 1.54) is 0 Å². The second-order valence-corrected chi connectivity index (χ2v) is 18.6. The van der Waals surface area contributed by atoms with Crippen molar-refractivity contribution < 1.29 is 33.4 Å². The molecule has 1 heterocycles. The van der Waals surface area contributed by atoms with Crippen molar-refractivity contribution in [3.63, 3.8) is 0 Å². The van der Waals surface area contributed by atoms with Crippen LogP contribution in [-0.2, 0) is 19.1 Å². The van der Waals surface area contributed by atoms with Gasteiger partial charge in [-0.25, -0.2) is 0 Å². The second-order valence-electron chi connectivity index (χ2n) is 18.6. The summed E-state index contributed by atoms with van der Waals surface area (Å²) in [4.78, 5) is 52.1. The van der Waals surface area contributed by atoms with Crippen molar-refractivity contribution in [1.29, 1.82) is 0 Å². The van der Waals surface area contributed by atoms with Gasteiger partial charge in [0.25, 0.3) is 0 Å². The first kappa shape index (κ1) is 35.8. The minimum atomic E-state index is -1.17. The number of carboxylic acid groups (broad SMARTS) is 1. The van der Waals surface area contributed by atoms with Gasteiger partial charge in [0.2, 0.25) is 5.89 Å². The van der Waals surface area contributed by atoms with Crippen LogP contribution < -0.4 is 5.32 Å². The third-order valence-electron chi connectivity index (χ3n) is 14.9. The number of rotatable bonds is 7. The predicted molar refractivity (Wildman–Crippen MR) is 182 cm³/mol. The van der Waals surface area contributed by atoms with Crippen LogP contribution in [0.2, 0.25) is 0 Å². The average Bonchev–Trinajstić information content (AvgIpc) is 3.55. The molecule has 0 aliphatic heterocycles. The zero-order valence-electron chi connectivity index (χ0n) is 31.2. The van der Waals surface area contributed by atoms with Crippen molar-refractivity contribution in [3.05, 3.63) is 22.9 Å². The van der Waals surface area contributed by atoms with Crippen molar-refractivity contribution in [3.8, 4) is 0 Å². The van der Waals surface area contributed by atoms with Crippen molar-refractivity contribution >= 4 is 23.6 Å². The van der Waals surface area contributed by atoms with E-state index in [1.54, 1.807) is 20.8 Å². The van der Waals surface area contributed by atoms with Crippen molar-refractivity contribution in [2.75, 3.05) is 0 Å². The molecule has 4 saturated carbocycles. The van der Waals surface area contributed by atoms with E-state index in [-0.39, 0.29) is 64.1 Å². The minimum absolute atomic E-state index is 0.00671. The summed E-state index contributed by atoms with van der Waals surface area (Å²) in [7, 11) is 0. The van der Waals surface area contributed by atoms with E-state index in [9.17, 15) is 24.3 Å². The van der Waals surface area contributed by atoms with Crippen molar-refractivity contribution in [1.82, 2.24) is 15.5 Å². The Balaban J connectivity index is 1.30. The molecule has 270 valence electrons. The number of carbonyl (C=O) groups is 4. The maximum atomic E-state index is 13.9. The molecule has 10 heteroatoms. The van der Waals surface area contributed by atoms with Gasteiger partial charge in [-0.2, -0.15) is 0 Å². The standard InChI is InChI=1S/C39H57N3O7/c1-21(2)29-24(43)19-39(40-31(45)32-42-41-22(3)48-32)18-17-37(9)23(30(29)39)11-12-26-36(8)15-14-27(49-28(44)20-34(4,5)33(46)47)35(6,7)25(36)13-16-38(26,37)10/h21,23,25-27H,11-20H2,1-10H3,(H,40,45)(H,46,47)/t23-,25+,26-,27+,36+,37-,38-,39-/m1/s1. The minimum Gasteiger partial charge on any atom is -0.481 e. The molecular weight excluding hydrogens is 622 g/mol. The Morgan fingerprint density at radius 2 is 1.65 bits per heavy atom. The number of nitrogens with zero attached hydrogens (tertiary/aromatic N) is 2. The number of carbonyl (C=O) groups excluding carboxylic acids is 3. The number of hydrogen-bond donors (Lipinski definition) is 2. The van der Waals surface area contributed by atoms with Crippen LogP contribution in [0.4, 0.5) is 0 Å². The highest BCUT2D eigenvalue weighted by atomic mass is 16.5. The first-order chi connectivity index (χ1) is 22.6. The molecule has 5 aliphatic carbocycles. The van der Waals surface area contributed by atoms with Crippen molar-refractivity contribution in [2.24, 2.45) is 50.7 Å². The molecule has 4 fully saturated rings. The molecule has 1 aromatic heterocycles. The lowest BCUT2D eigenvalue weighted by atomic mass is 9.33. The summed E-state index contributed by atoms with van der Waals surface area (Å²) in [5.41, 5.74) is -0.169. The number of fused-ring (bicyclic) bond motifs is 7. The number of nitrogens with one attached hydrogen (secondary N) is 1. The highest BCUT2D eigenvalue weighted by Gasteiger charge is 2.70. The van der Waals surface area contributed by atoms with Crippen LogP contribution in [0.25, 0.3) is 0 Å². The van der Waals surface area contributed by atoms with E-state index >= 15 is 0 Å². The summed E-state index contributed by atoms with van der Waals surface area (Å²) in [6.07, 6.45) is 7.21. The van der Waals surface area contributed by atoms with Gasteiger partial charge in [-0.1, -0.05) is 48.5 Å². The molecule has 1 aromatic rings. The first-order valence-electron chi connectivity index (χ1n) is 18.5. The quantitative estimate of drug-likeness (QED) is 0.284. The van der Waals surface area contributed by atoms with Crippen molar-refractivity contribution in [2.45, 2.75) is 145 Å². The van der Waals surface area contributed by atoms with E-state index in [0.29, 0.717) is 24.1 Å². The van der Waals surface area contributed by atoms with Gasteiger partial charge in [-0.15, -0.1) is 10.2 Å². The van der Waals surface area contributed by atoms with Gasteiger partial charge >= 0.3 is 23.7 Å². The van der Waals surface area contributed by atoms with Crippen LogP contribution >= 0.6 is 0 Å². The van der Waals surface area contributed by atoms with Gasteiger partial charge < -0.3 is 19.6 Å². The first-order valence-corrected chi connectivity index (χ1v) is 18.5. The fourth-order valence-corrected chi connectivity index (χ4v) is 12.2. The number of aliphatic carboxylic acids is 1. The van der Waals surface area contributed by atoms with E-state index < -0.39 is 28.8 Å². The largest absolute Gasteiger partial charge is 0.481 e. The van der Waals surface area contributed by atoms with Crippen LogP contribution in [0.1, 0.15) is 143 Å². The Labute approximate surface area is 291 Å². The summed E-state index contributed by atoms with van der Waals surface area (Å²) >= 11 is 0. The number of aryl methyl sites for hydroxylation is 1. The highest BCUT2D eigenvalue weighted by Crippen LogP contribution is 2.76. The van der Waals surface area contributed by atoms with Gasteiger partial charge in [-0.05, 0) is 116 Å². The summed E-state index contributed by atoms with van der Waals surface area (Å²) < 4.78 is 11.6. The molecule has 0 saturated heterocycles. The lowest BCUT2D eigenvalue weighted by Crippen LogP contribution is -2.67. The zero-order valence-corrected chi connectivity index (χ0v) is 31.2. The number of aromatic nitrogens is 2. The molecule has 0 unspecified atom stereocenters. The third kappa shape index (κ3) is 5.23. The number of carboxylic acids is 1. The summed E-state index contributed by atoms with van der Waals surface area (Å²) in [5.74, 6) is -0.449. The van der Waals surface area contributed by atoms with E-state index in [2.05, 4.69) is 64.0 Å². The number of allylic oxidation sites excluding steroid dienone is 1. The van der Waals surface area contributed by atoms with Gasteiger partial charge in [0.15, 0.2) is 5.78 Å². The molecule has 6 rings (SSSR count). The molecule has 0 spiro atoms. The topological polar surface area (TPSA) is 149 Å². The zero-order chi connectivity index (χ0) is 36.1. The maximum absolute atomic E-state index is 13.9. The fourth-order valence-electron chi connectivity index (χ4n) is 12.2. The van der Waals surface area contributed by atoms with E-state index in [4.69, 9.17) is 9.15 Å². The summed E-state index contributed by atoms with van der Waals surface area (Å²) in [6.45, 7) is 20.9. The number of amides is 1. The fraction of sp³-hybridized carbons (Fsp3) is 0.795. The monoisotopic (exact) mass is 679 g/mol. The molecule has 49 heavy (non-hydrogen) atoms. The average molecular weight is 680 g/mol. The Bertz CT molecular complexity index is 1610. The molecule has 0 radical (unpaired) electrons. The summed E-state index contributed by atoms with van der Waals surface area (Å²) in [6, 6.07) is 0. The SMILES string of the molecule is Cc1nnc(C(=O)N[C@@]23CC[C@]4(C)[C@H](CC[C@@H]5[C@@]6(C)CC[C@H](OC(=O)CC(C)(C)C(=O)O)C(C)(C)[C@@H]6CC[C@]54C)C2=C(C(C)C)C(=O)C3)o1. The molecule has 10 nitrogen and oxygen atoms in total. The molecule has 0 aromatic carbocycles. The normalized spacial score (nSPS) is 38.3. The van der Waals surface area contributed by atoms with E-state index in [0.717, 1.165) is 56.1 Å². The number of ketones is 1. The maximum Gasteiger partial charge on any atom is 0.309 e. The Hall–Kier alpha value is -3.04. The van der Waals surface area contributed by atoms with Gasteiger partial charge in [-0.3, -0.25) is 19.2 Å². The van der Waals surface area contributed by atoms with Crippen LogP contribution in [0.15, 0.2) is 15.6 Å². The number of esters is 1. The van der Waals surface area contributed by atoms with Gasteiger partial charge in [0.1, 0.15) is 6.10 Å². The third-order valence-corrected chi connectivity index (χ3v) is 14.9. The Morgan fingerprint density at radius 1 is 0.959 bits per heavy atom. The van der Waals surface area contributed by atoms with Gasteiger partial charge in [0.05, 0.1) is 17.4 Å². The van der Waals surface area contributed by atoms with Crippen LogP contribution in [0, 0.1) is 57.7 Å². The Kier molecular flexibility index (Phi) is 8.39. The Morgan fingerprint density at radius 3 is 2.27 bits per heavy atom. The number of hydrogen-bond acceptors (Lipinski definition) is 8. The van der Waals surface area contributed by atoms with E-state index in [1.807, 2.05) is 0 Å². The smallest absolute Gasteiger partial charge is 0.309 e. The lowest BCUT2D eigenvalue weighted by Gasteiger charge is -2.72. The molecule has 5 aliphatic rings. The molecule has 0 bridgehead atoms.